The molecular formula is C6HClF3IN2O5S. The fraction of sp³-hybridized carbons (Fsp3) is 0.167. The topological polar surface area (TPSA) is 99.4 Å². The van der Waals surface area contributed by atoms with Crippen molar-refractivity contribution in [2.45, 2.75) is 11.3 Å². The van der Waals surface area contributed by atoms with E-state index in [0.717, 1.165) is 0 Å². The van der Waals surface area contributed by atoms with E-state index in [-0.39, 0.29) is 0 Å². The van der Waals surface area contributed by atoms with E-state index >= 15 is 0 Å². The maximum Gasteiger partial charge on any atom is 0.573 e. The molecule has 0 aliphatic heterocycles. The molecule has 13 heteroatoms. The highest BCUT2D eigenvalue weighted by Gasteiger charge is 2.39. The third-order valence-electron chi connectivity index (χ3n) is 1.59. The number of halogens is 5. The van der Waals surface area contributed by atoms with E-state index < -0.39 is 40.4 Å². The van der Waals surface area contributed by atoms with Crippen LogP contribution in [0, 0.1) is 13.8 Å². The molecule has 0 N–H and O–H groups in total. The van der Waals surface area contributed by atoms with Crippen LogP contribution in [0.1, 0.15) is 0 Å². The molecule has 0 saturated carbocycles. The number of pyridine rings is 1. The van der Waals surface area contributed by atoms with Crippen molar-refractivity contribution in [3.8, 4) is 5.75 Å². The molecule has 19 heavy (non-hydrogen) atoms. The molecule has 0 unspecified atom stereocenters. The zero-order valence-electron chi connectivity index (χ0n) is 8.31. The van der Waals surface area contributed by atoms with E-state index in [1.807, 2.05) is 0 Å². The second-order valence-electron chi connectivity index (χ2n) is 2.83. The molecule has 0 fully saturated rings. The summed E-state index contributed by atoms with van der Waals surface area (Å²) in [5.41, 5.74) is -1.42. The van der Waals surface area contributed by atoms with Gasteiger partial charge in [0.15, 0.2) is 8.60 Å². The first-order valence-electron chi connectivity index (χ1n) is 3.97. The summed E-state index contributed by atoms with van der Waals surface area (Å²) in [7, 11) is 0.236. The van der Waals surface area contributed by atoms with Crippen molar-refractivity contribution < 1.29 is 31.2 Å². The summed E-state index contributed by atoms with van der Waals surface area (Å²) in [6.07, 6.45) is -4.77. The summed E-state index contributed by atoms with van der Waals surface area (Å²) in [6.45, 7) is 0. The van der Waals surface area contributed by atoms with Gasteiger partial charge in [0.2, 0.25) is 5.75 Å². The van der Waals surface area contributed by atoms with E-state index in [9.17, 15) is 31.7 Å². The van der Waals surface area contributed by atoms with E-state index in [1.54, 1.807) is 0 Å². The van der Waals surface area contributed by atoms with Crippen molar-refractivity contribution in [1.29, 1.82) is 0 Å². The highest BCUT2D eigenvalue weighted by atomic mass is 127. The lowest BCUT2D eigenvalue weighted by molar-refractivity contribution is -0.391. The molecule has 1 rings (SSSR count). The summed E-state index contributed by atoms with van der Waals surface area (Å²) in [6, 6.07) is 0. The zero-order chi connectivity index (χ0) is 15.0. The molecule has 0 aliphatic carbocycles. The van der Waals surface area contributed by atoms with Crippen LogP contribution in [0.15, 0.2) is 11.1 Å². The number of hydrogen-bond acceptors (Lipinski definition) is 6. The minimum absolute atomic E-state index is 0.478. The van der Waals surface area contributed by atoms with Gasteiger partial charge in [-0.25, -0.2) is 13.4 Å². The second kappa shape index (κ2) is 5.24. The van der Waals surface area contributed by atoms with E-state index in [4.69, 9.17) is 10.7 Å². The Hall–Kier alpha value is -0.890. The fourth-order valence-electron chi connectivity index (χ4n) is 1.00. The number of rotatable bonds is 3. The Morgan fingerprint density at radius 2 is 2.00 bits per heavy atom. The Labute approximate surface area is 121 Å². The molecule has 106 valence electrons. The maximum atomic E-state index is 12.1. The molecule has 0 aliphatic rings. The van der Waals surface area contributed by atoms with Crippen LogP contribution in [0.4, 0.5) is 18.9 Å². The minimum atomic E-state index is -5.25. The largest absolute Gasteiger partial charge is 0.573 e. The predicted molar refractivity (Wildman–Crippen MR) is 63.3 cm³/mol. The fourth-order valence-corrected chi connectivity index (χ4v) is 2.42. The highest BCUT2D eigenvalue weighted by molar-refractivity contribution is 14.1. The third kappa shape index (κ3) is 4.04. The molecule has 0 aromatic carbocycles. The van der Waals surface area contributed by atoms with Crippen molar-refractivity contribution >= 4 is 48.0 Å². The SMILES string of the molecule is O=[N+]([O-])c1c(S(=O)(=O)Cl)cnc(I)c1OC(F)(F)F. The Kier molecular flexibility index (Phi) is 4.46. The van der Waals surface area contributed by atoms with Gasteiger partial charge in [0.1, 0.15) is 0 Å². The van der Waals surface area contributed by atoms with Gasteiger partial charge in [0.25, 0.3) is 9.05 Å². The number of nitrogens with zero attached hydrogens (tertiary/aromatic N) is 2. The number of ether oxygens (including phenoxy) is 1. The first-order chi connectivity index (χ1) is 8.43. The van der Waals surface area contributed by atoms with Crippen LogP contribution >= 0.6 is 33.3 Å². The maximum absolute atomic E-state index is 12.1. The van der Waals surface area contributed by atoms with Gasteiger partial charge in [-0.3, -0.25) is 10.1 Å². The number of nitro groups is 1. The Morgan fingerprint density at radius 3 is 2.37 bits per heavy atom. The van der Waals surface area contributed by atoms with Gasteiger partial charge in [-0.05, 0) is 22.6 Å². The molecular weight excluding hydrogens is 431 g/mol. The van der Waals surface area contributed by atoms with E-state index in [1.165, 1.54) is 22.6 Å². The lowest BCUT2D eigenvalue weighted by Crippen LogP contribution is -2.19. The summed E-state index contributed by atoms with van der Waals surface area (Å²) in [4.78, 5) is 11.5. The standard InChI is InChI=1S/C6HClF3IN2O5S/c7-19(16,17)2-1-12-5(11)4(3(2)13(14)15)18-6(8,9)10/h1H. The van der Waals surface area contributed by atoms with Crippen molar-refractivity contribution in [2.75, 3.05) is 0 Å². The lowest BCUT2D eigenvalue weighted by Gasteiger charge is -2.11. The van der Waals surface area contributed by atoms with E-state index in [0.29, 0.717) is 6.20 Å². The summed E-state index contributed by atoms with van der Waals surface area (Å²) >= 11 is 1.23. The van der Waals surface area contributed by atoms with Crippen LogP contribution in [0.5, 0.6) is 5.75 Å². The molecule has 7 nitrogen and oxygen atoms in total. The van der Waals surface area contributed by atoms with Gasteiger partial charge in [-0.1, -0.05) is 0 Å². The number of alkyl halides is 3. The molecule has 1 aromatic heterocycles. The van der Waals surface area contributed by atoms with Crippen LogP contribution in [0.3, 0.4) is 0 Å². The van der Waals surface area contributed by atoms with Crippen LogP contribution in [-0.2, 0) is 9.05 Å². The van der Waals surface area contributed by atoms with Crippen molar-refractivity contribution in [3.63, 3.8) is 0 Å². The van der Waals surface area contributed by atoms with Crippen LogP contribution in [0.2, 0.25) is 0 Å². The third-order valence-corrected chi connectivity index (χ3v) is 3.69. The summed E-state index contributed by atoms with van der Waals surface area (Å²) < 4.78 is 61.4. The molecule has 0 amide bonds. The molecule has 1 aromatic rings. The predicted octanol–water partition coefficient (Wildman–Crippen LogP) is 2.42. The highest BCUT2D eigenvalue weighted by Crippen LogP contribution is 2.40. The van der Waals surface area contributed by atoms with Gasteiger partial charge >= 0.3 is 12.0 Å². The van der Waals surface area contributed by atoms with Crippen molar-refractivity contribution in [2.24, 2.45) is 0 Å². The molecule has 1 heterocycles. The van der Waals surface area contributed by atoms with Gasteiger partial charge in [0, 0.05) is 10.7 Å². The second-order valence-corrected chi connectivity index (χ2v) is 6.39. The monoisotopic (exact) mass is 432 g/mol. The number of aromatic nitrogens is 1. The average molecular weight is 433 g/mol. The van der Waals surface area contributed by atoms with Crippen LogP contribution < -0.4 is 4.74 Å². The first kappa shape index (κ1) is 16.2. The normalized spacial score (nSPS) is 12.3. The van der Waals surface area contributed by atoms with Crippen LogP contribution in [0.25, 0.3) is 0 Å². The Bertz CT molecular complexity index is 634. The quantitative estimate of drug-likeness (QED) is 0.239. The zero-order valence-corrected chi connectivity index (χ0v) is 12.0. The average Bonchev–Trinajstić information content (AvgIpc) is 2.16. The van der Waals surface area contributed by atoms with E-state index in [2.05, 4.69) is 9.72 Å². The summed E-state index contributed by atoms with van der Waals surface area (Å²) in [5.74, 6) is -1.33. The lowest BCUT2D eigenvalue weighted by atomic mass is 10.4. The van der Waals surface area contributed by atoms with Gasteiger partial charge in [-0.2, -0.15) is 0 Å². The smallest absolute Gasteiger partial charge is 0.395 e. The van der Waals surface area contributed by atoms with Crippen LogP contribution in [-0.4, -0.2) is 24.7 Å². The van der Waals surface area contributed by atoms with Crippen molar-refractivity contribution in [1.82, 2.24) is 4.98 Å². The summed E-state index contributed by atoms with van der Waals surface area (Å²) in [5, 5.41) is 10.7. The molecule has 0 bridgehead atoms. The van der Waals surface area contributed by atoms with Gasteiger partial charge in [0.05, 0.1) is 11.1 Å². The molecule has 0 spiro atoms. The molecule has 0 radical (unpaired) electrons. The van der Waals surface area contributed by atoms with Crippen molar-refractivity contribution in [3.05, 3.63) is 20.0 Å². The number of hydrogen-bond donors (Lipinski definition) is 0. The molecule has 0 saturated heterocycles. The Morgan fingerprint density at radius 1 is 1.47 bits per heavy atom. The first-order valence-corrected chi connectivity index (χ1v) is 7.35. The Balaban J connectivity index is 3.66. The van der Waals surface area contributed by atoms with Gasteiger partial charge < -0.3 is 4.74 Å². The minimum Gasteiger partial charge on any atom is -0.395 e. The van der Waals surface area contributed by atoms with Gasteiger partial charge in [-0.15, -0.1) is 13.2 Å². The molecule has 0 atom stereocenters.